The second-order valence-corrected chi connectivity index (χ2v) is 6.77. The summed E-state index contributed by atoms with van der Waals surface area (Å²) in [6.07, 6.45) is 3.81. The summed E-state index contributed by atoms with van der Waals surface area (Å²) in [4.78, 5) is 4.27. The molecule has 148 valence electrons. The van der Waals surface area contributed by atoms with Gasteiger partial charge in [0.05, 0.1) is 6.54 Å². The van der Waals surface area contributed by atoms with Crippen LogP contribution in [0.1, 0.15) is 24.7 Å². The molecular formula is C21H28N6O. The van der Waals surface area contributed by atoms with Crippen LogP contribution in [-0.2, 0) is 6.42 Å². The molecule has 28 heavy (non-hydrogen) atoms. The van der Waals surface area contributed by atoms with E-state index in [1.165, 1.54) is 5.56 Å². The van der Waals surface area contributed by atoms with Crippen molar-refractivity contribution in [2.24, 2.45) is 4.99 Å². The molecule has 0 fully saturated rings. The zero-order valence-corrected chi connectivity index (χ0v) is 16.7. The van der Waals surface area contributed by atoms with Crippen molar-refractivity contribution in [1.29, 1.82) is 0 Å². The average molecular weight is 380 g/mol. The summed E-state index contributed by atoms with van der Waals surface area (Å²) in [7, 11) is 1.77. The maximum Gasteiger partial charge on any atom is 0.191 e. The van der Waals surface area contributed by atoms with Gasteiger partial charge in [-0.3, -0.25) is 9.39 Å². The van der Waals surface area contributed by atoms with Crippen molar-refractivity contribution in [2.45, 2.75) is 32.8 Å². The number of aryl methyl sites for hydroxylation is 2. The third-order valence-electron chi connectivity index (χ3n) is 4.36. The number of aliphatic imine (C=N–C) groups is 1. The first kappa shape index (κ1) is 19.7. The Bertz CT molecular complexity index is 920. The smallest absolute Gasteiger partial charge is 0.191 e. The predicted octanol–water partition coefficient (Wildman–Crippen LogP) is 2.60. The number of fused-ring (bicyclic) bond motifs is 1. The van der Waals surface area contributed by atoms with E-state index < -0.39 is 0 Å². The molecule has 0 aliphatic heterocycles. The van der Waals surface area contributed by atoms with Gasteiger partial charge in [0, 0.05) is 26.2 Å². The van der Waals surface area contributed by atoms with Gasteiger partial charge in [-0.2, -0.15) is 0 Å². The monoisotopic (exact) mass is 380 g/mol. The van der Waals surface area contributed by atoms with E-state index >= 15 is 0 Å². The van der Waals surface area contributed by atoms with Gasteiger partial charge in [-0.25, -0.2) is 0 Å². The van der Waals surface area contributed by atoms with E-state index in [0.29, 0.717) is 6.54 Å². The SMILES string of the molecule is CN=C(NCCCc1nnc2ccccn12)NCC(C)Oc1cccc(C)c1. The van der Waals surface area contributed by atoms with Gasteiger partial charge >= 0.3 is 0 Å². The highest BCUT2D eigenvalue weighted by molar-refractivity contribution is 5.79. The van der Waals surface area contributed by atoms with Gasteiger partial charge in [0.25, 0.3) is 0 Å². The minimum Gasteiger partial charge on any atom is -0.489 e. The first-order valence-corrected chi connectivity index (χ1v) is 9.62. The van der Waals surface area contributed by atoms with Crippen molar-refractivity contribution in [1.82, 2.24) is 25.2 Å². The van der Waals surface area contributed by atoms with Crippen molar-refractivity contribution < 1.29 is 4.74 Å². The normalized spacial score (nSPS) is 12.8. The van der Waals surface area contributed by atoms with Crippen molar-refractivity contribution in [2.75, 3.05) is 20.1 Å². The fraction of sp³-hybridized carbons (Fsp3) is 0.381. The zero-order chi connectivity index (χ0) is 19.8. The second kappa shape index (κ2) is 9.73. The second-order valence-electron chi connectivity index (χ2n) is 6.77. The van der Waals surface area contributed by atoms with E-state index in [1.807, 2.05) is 53.9 Å². The summed E-state index contributed by atoms with van der Waals surface area (Å²) < 4.78 is 7.97. The van der Waals surface area contributed by atoms with Gasteiger partial charge in [0.2, 0.25) is 0 Å². The number of hydrogen-bond acceptors (Lipinski definition) is 4. The van der Waals surface area contributed by atoms with Crippen LogP contribution in [0.25, 0.3) is 5.65 Å². The topological polar surface area (TPSA) is 75.8 Å². The van der Waals surface area contributed by atoms with E-state index in [1.54, 1.807) is 7.05 Å². The van der Waals surface area contributed by atoms with Crippen LogP contribution in [0.5, 0.6) is 5.75 Å². The lowest BCUT2D eigenvalue weighted by atomic mass is 10.2. The first-order chi connectivity index (χ1) is 13.7. The van der Waals surface area contributed by atoms with Gasteiger partial charge < -0.3 is 15.4 Å². The molecule has 3 aromatic rings. The fourth-order valence-corrected chi connectivity index (χ4v) is 2.94. The number of pyridine rings is 1. The molecule has 0 radical (unpaired) electrons. The van der Waals surface area contributed by atoms with Crippen LogP contribution in [0, 0.1) is 6.92 Å². The van der Waals surface area contributed by atoms with Gasteiger partial charge in [0.1, 0.15) is 17.7 Å². The molecular weight excluding hydrogens is 352 g/mol. The number of nitrogens with zero attached hydrogens (tertiary/aromatic N) is 4. The Morgan fingerprint density at radius 2 is 2.07 bits per heavy atom. The summed E-state index contributed by atoms with van der Waals surface area (Å²) >= 11 is 0. The molecule has 3 rings (SSSR count). The van der Waals surface area contributed by atoms with Gasteiger partial charge in [-0.1, -0.05) is 18.2 Å². The highest BCUT2D eigenvalue weighted by Gasteiger charge is 2.07. The molecule has 7 heteroatoms. The summed E-state index contributed by atoms with van der Waals surface area (Å²) in [5.41, 5.74) is 2.07. The lowest BCUT2D eigenvalue weighted by molar-refractivity contribution is 0.223. The van der Waals surface area contributed by atoms with Crippen LogP contribution in [0.15, 0.2) is 53.7 Å². The Morgan fingerprint density at radius 1 is 1.18 bits per heavy atom. The maximum atomic E-state index is 5.94. The van der Waals surface area contributed by atoms with Crippen LogP contribution in [0.4, 0.5) is 0 Å². The number of rotatable bonds is 8. The number of aromatic nitrogens is 3. The highest BCUT2D eigenvalue weighted by Crippen LogP contribution is 2.13. The number of benzene rings is 1. The molecule has 2 heterocycles. The van der Waals surface area contributed by atoms with Crippen LogP contribution < -0.4 is 15.4 Å². The van der Waals surface area contributed by atoms with Crippen molar-refractivity contribution >= 4 is 11.6 Å². The van der Waals surface area contributed by atoms with E-state index in [4.69, 9.17) is 4.74 Å². The molecule has 2 N–H and O–H groups in total. The van der Waals surface area contributed by atoms with E-state index in [0.717, 1.165) is 42.6 Å². The molecule has 1 atom stereocenters. The summed E-state index contributed by atoms with van der Waals surface area (Å²) in [5.74, 6) is 2.63. The lowest BCUT2D eigenvalue weighted by Gasteiger charge is -2.18. The maximum absolute atomic E-state index is 5.94. The number of ether oxygens (including phenoxy) is 1. The van der Waals surface area contributed by atoms with Gasteiger partial charge in [0.15, 0.2) is 11.6 Å². The van der Waals surface area contributed by atoms with Crippen molar-refractivity contribution in [3.05, 3.63) is 60.0 Å². The number of guanidine groups is 1. The Labute approximate surface area is 165 Å². The third kappa shape index (κ3) is 5.45. The Kier molecular flexibility index (Phi) is 6.84. The molecule has 0 amide bonds. The van der Waals surface area contributed by atoms with E-state index in [9.17, 15) is 0 Å². The fourth-order valence-electron chi connectivity index (χ4n) is 2.94. The van der Waals surface area contributed by atoms with Crippen LogP contribution in [0.2, 0.25) is 0 Å². The molecule has 0 aliphatic carbocycles. The predicted molar refractivity (Wildman–Crippen MR) is 112 cm³/mol. The standard InChI is InChI=1S/C21H28N6O/c1-16-8-6-9-18(14-16)28-17(2)15-24-21(22-3)23-12-7-11-20-26-25-19-10-4-5-13-27(19)20/h4-6,8-10,13-14,17H,7,11-12,15H2,1-3H3,(H2,22,23,24). The minimum atomic E-state index is 0.0303. The van der Waals surface area contributed by atoms with Gasteiger partial charge in [-0.05, 0) is 50.1 Å². The van der Waals surface area contributed by atoms with Crippen LogP contribution in [0.3, 0.4) is 0 Å². The quantitative estimate of drug-likeness (QED) is 0.357. The molecule has 1 unspecified atom stereocenters. The van der Waals surface area contributed by atoms with Crippen molar-refractivity contribution in [3.8, 4) is 5.75 Å². The lowest BCUT2D eigenvalue weighted by Crippen LogP contribution is -2.42. The molecule has 1 aromatic carbocycles. The molecule has 0 spiro atoms. The van der Waals surface area contributed by atoms with Crippen molar-refractivity contribution in [3.63, 3.8) is 0 Å². The molecule has 2 aromatic heterocycles. The molecule has 0 saturated carbocycles. The molecule has 0 bridgehead atoms. The van der Waals surface area contributed by atoms with E-state index in [-0.39, 0.29) is 6.10 Å². The zero-order valence-electron chi connectivity index (χ0n) is 16.7. The number of nitrogens with one attached hydrogen (secondary N) is 2. The number of hydrogen-bond donors (Lipinski definition) is 2. The highest BCUT2D eigenvalue weighted by atomic mass is 16.5. The van der Waals surface area contributed by atoms with Crippen LogP contribution in [-0.4, -0.2) is 46.8 Å². The molecule has 0 saturated heterocycles. The summed E-state index contributed by atoms with van der Waals surface area (Å²) in [5, 5.41) is 15.1. The summed E-state index contributed by atoms with van der Waals surface area (Å²) in [6, 6.07) is 14.0. The Morgan fingerprint density at radius 3 is 2.89 bits per heavy atom. The average Bonchev–Trinajstić information content (AvgIpc) is 3.10. The summed E-state index contributed by atoms with van der Waals surface area (Å²) in [6.45, 7) is 5.57. The Balaban J connectivity index is 1.38. The third-order valence-corrected chi connectivity index (χ3v) is 4.36. The first-order valence-electron chi connectivity index (χ1n) is 9.62. The van der Waals surface area contributed by atoms with Gasteiger partial charge in [-0.15, -0.1) is 10.2 Å². The molecule has 7 nitrogen and oxygen atoms in total. The Hall–Kier alpha value is -3.09. The largest absolute Gasteiger partial charge is 0.489 e. The van der Waals surface area contributed by atoms with Crippen LogP contribution >= 0.6 is 0 Å². The minimum absolute atomic E-state index is 0.0303. The van der Waals surface area contributed by atoms with E-state index in [2.05, 4.69) is 38.8 Å². The molecule has 0 aliphatic rings.